The Morgan fingerprint density at radius 1 is 1.16 bits per heavy atom. The van der Waals surface area contributed by atoms with Gasteiger partial charge in [0.05, 0.1) is 5.92 Å². The number of nitrogens with one attached hydrogen (secondary N) is 4. The molecule has 1 saturated carbocycles. The van der Waals surface area contributed by atoms with Gasteiger partial charge in [-0.05, 0) is 77.4 Å². The summed E-state index contributed by atoms with van der Waals surface area (Å²) < 4.78 is 41.4. The van der Waals surface area contributed by atoms with Crippen LogP contribution in [0.15, 0.2) is 30.5 Å². The van der Waals surface area contributed by atoms with Crippen LogP contribution < -0.4 is 21.3 Å². The van der Waals surface area contributed by atoms with Crippen molar-refractivity contribution in [3.63, 3.8) is 0 Å². The molecule has 0 bridgehead atoms. The number of nitrogens with zero attached hydrogens (tertiary/aromatic N) is 3. The van der Waals surface area contributed by atoms with Crippen molar-refractivity contribution in [3.8, 4) is 0 Å². The third-order valence-electron chi connectivity index (χ3n) is 7.20. The molecule has 1 amide bonds. The summed E-state index contributed by atoms with van der Waals surface area (Å²) in [5.74, 6) is -0.827. The van der Waals surface area contributed by atoms with Crippen LogP contribution in [0.1, 0.15) is 57.1 Å². The molecule has 8 nitrogen and oxygen atoms in total. The van der Waals surface area contributed by atoms with Crippen LogP contribution in [0.3, 0.4) is 0 Å². The molecule has 2 fully saturated rings. The summed E-state index contributed by atoms with van der Waals surface area (Å²) >= 11 is 0. The SMILES string of the molecule is CC(C)NC(=O)[C@H]1CCC[C@@H]1Nc1nc(Nc2cccc(CNC3CCN(C)CC3)c2)ncc1C(F)(F)F. The minimum atomic E-state index is -4.63. The third-order valence-corrected chi connectivity index (χ3v) is 7.20. The Labute approximate surface area is 222 Å². The molecule has 38 heavy (non-hydrogen) atoms. The Bertz CT molecular complexity index is 1090. The molecular formula is C27H38F3N7O. The number of alkyl halides is 3. The molecule has 11 heteroatoms. The zero-order valence-electron chi connectivity index (χ0n) is 22.2. The molecule has 2 heterocycles. The molecule has 1 aromatic carbocycles. The second kappa shape index (κ2) is 12.3. The molecule has 0 radical (unpaired) electrons. The number of likely N-dealkylation sites (tertiary alicyclic amines) is 1. The summed E-state index contributed by atoms with van der Waals surface area (Å²) in [6.45, 7) is 6.57. The number of aromatic nitrogens is 2. The van der Waals surface area contributed by atoms with Gasteiger partial charge in [0.25, 0.3) is 0 Å². The van der Waals surface area contributed by atoms with Gasteiger partial charge in [-0.2, -0.15) is 18.2 Å². The first kappa shape index (κ1) is 28.1. The predicted molar refractivity (Wildman–Crippen MR) is 142 cm³/mol. The zero-order valence-corrected chi connectivity index (χ0v) is 22.2. The first-order chi connectivity index (χ1) is 18.1. The van der Waals surface area contributed by atoms with E-state index < -0.39 is 23.7 Å². The van der Waals surface area contributed by atoms with Crippen LogP contribution in [0.2, 0.25) is 0 Å². The van der Waals surface area contributed by atoms with E-state index in [9.17, 15) is 18.0 Å². The van der Waals surface area contributed by atoms with Crippen LogP contribution in [-0.4, -0.2) is 59.0 Å². The lowest BCUT2D eigenvalue weighted by atomic mass is 10.0. The molecule has 4 rings (SSSR count). The Morgan fingerprint density at radius 3 is 2.63 bits per heavy atom. The Hall–Kier alpha value is -2.92. The van der Waals surface area contributed by atoms with Gasteiger partial charge in [-0.25, -0.2) is 4.98 Å². The Balaban J connectivity index is 1.46. The van der Waals surface area contributed by atoms with Crippen LogP contribution in [0, 0.1) is 5.92 Å². The number of benzene rings is 1. The highest BCUT2D eigenvalue weighted by molar-refractivity contribution is 5.80. The number of hydrogen-bond donors (Lipinski definition) is 4. The van der Waals surface area contributed by atoms with Crippen LogP contribution in [-0.2, 0) is 17.5 Å². The van der Waals surface area contributed by atoms with E-state index >= 15 is 0 Å². The molecule has 0 spiro atoms. The summed E-state index contributed by atoms with van der Waals surface area (Å²) in [5, 5.41) is 12.4. The molecule has 2 aromatic rings. The van der Waals surface area contributed by atoms with E-state index in [4.69, 9.17) is 0 Å². The quantitative estimate of drug-likeness (QED) is 0.376. The largest absolute Gasteiger partial charge is 0.421 e. The molecule has 208 valence electrons. The van der Waals surface area contributed by atoms with Gasteiger partial charge in [0, 0.05) is 36.6 Å². The molecule has 1 aliphatic carbocycles. The van der Waals surface area contributed by atoms with Gasteiger partial charge in [-0.15, -0.1) is 0 Å². The number of carbonyl (C=O) groups is 1. The van der Waals surface area contributed by atoms with Crippen LogP contribution in [0.5, 0.6) is 0 Å². The van der Waals surface area contributed by atoms with Crippen molar-refractivity contribution >= 4 is 23.4 Å². The van der Waals surface area contributed by atoms with E-state index in [1.165, 1.54) is 0 Å². The lowest BCUT2D eigenvalue weighted by molar-refractivity contribution is -0.137. The second-order valence-electron chi connectivity index (χ2n) is 10.7. The molecule has 0 unspecified atom stereocenters. The third kappa shape index (κ3) is 7.57. The first-order valence-electron chi connectivity index (χ1n) is 13.4. The lowest BCUT2D eigenvalue weighted by Gasteiger charge is -2.29. The molecule has 1 aromatic heterocycles. The molecule has 1 aliphatic heterocycles. The van der Waals surface area contributed by atoms with Gasteiger partial charge in [0.1, 0.15) is 11.4 Å². The summed E-state index contributed by atoms with van der Waals surface area (Å²) in [7, 11) is 2.13. The van der Waals surface area contributed by atoms with Crippen LogP contribution in [0.4, 0.5) is 30.6 Å². The number of anilines is 3. The molecule has 4 N–H and O–H groups in total. The van der Waals surface area contributed by atoms with Gasteiger partial charge in [0.2, 0.25) is 11.9 Å². The molecular weight excluding hydrogens is 495 g/mol. The fraction of sp³-hybridized carbons (Fsp3) is 0.593. The highest BCUT2D eigenvalue weighted by Crippen LogP contribution is 2.36. The lowest BCUT2D eigenvalue weighted by Crippen LogP contribution is -2.41. The smallest absolute Gasteiger partial charge is 0.366 e. The molecule has 2 aliphatic rings. The normalized spacial score (nSPS) is 21.0. The summed E-state index contributed by atoms with van der Waals surface area (Å²) in [6.07, 6.45) is 0.327. The number of halogens is 3. The van der Waals surface area contributed by atoms with E-state index in [1.54, 1.807) is 0 Å². The van der Waals surface area contributed by atoms with E-state index in [0.29, 0.717) is 31.1 Å². The Kier molecular flexibility index (Phi) is 9.09. The maximum absolute atomic E-state index is 13.8. The second-order valence-corrected chi connectivity index (χ2v) is 10.7. The number of piperidine rings is 1. The fourth-order valence-corrected chi connectivity index (χ4v) is 5.14. The number of hydrogen-bond acceptors (Lipinski definition) is 7. The average Bonchev–Trinajstić information content (AvgIpc) is 3.31. The monoisotopic (exact) mass is 533 g/mol. The summed E-state index contributed by atoms with van der Waals surface area (Å²) in [5.41, 5.74) is 0.798. The van der Waals surface area contributed by atoms with Gasteiger partial charge < -0.3 is 26.2 Å². The van der Waals surface area contributed by atoms with Crippen LogP contribution >= 0.6 is 0 Å². The van der Waals surface area contributed by atoms with Crippen molar-refractivity contribution in [1.29, 1.82) is 0 Å². The number of amides is 1. The van der Waals surface area contributed by atoms with E-state index in [-0.39, 0.29) is 23.7 Å². The van der Waals surface area contributed by atoms with Crippen molar-refractivity contribution in [2.75, 3.05) is 30.8 Å². The first-order valence-corrected chi connectivity index (χ1v) is 13.4. The van der Waals surface area contributed by atoms with Gasteiger partial charge in [-0.1, -0.05) is 18.6 Å². The minimum absolute atomic E-state index is 0.0420. The van der Waals surface area contributed by atoms with Crippen molar-refractivity contribution in [3.05, 3.63) is 41.6 Å². The molecule has 1 saturated heterocycles. The summed E-state index contributed by atoms with van der Waals surface area (Å²) in [4.78, 5) is 23.1. The minimum Gasteiger partial charge on any atom is -0.366 e. The van der Waals surface area contributed by atoms with Gasteiger partial charge >= 0.3 is 6.18 Å². The highest BCUT2D eigenvalue weighted by Gasteiger charge is 2.39. The maximum Gasteiger partial charge on any atom is 0.421 e. The highest BCUT2D eigenvalue weighted by atomic mass is 19.4. The van der Waals surface area contributed by atoms with E-state index in [1.807, 2.05) is 38.1 Å². The maximum atomic E-state index is 13.8. The number of carbonyl (C=O) groups excluding carboxylic acids is 1. The zero-order chi connectivity index (χ0) is 27.3. The van der Waals surface area contributed by atoms with Gasteiger partial charge in [0.15, 0.2) is 0 Å². The summed E-state index contributed by atoms with van der Waals surface area (Å²) in [6, 6.07) is 7.67. The van der Waals surface area contributed by atoms with E-state index in [0.717, 1.165) is 44.1 Å². The Morgan fingerprint density at radius 2 is 1.92 bits per heavy atom. The standard InChI is InChI=1S/C27H38F3N7O/c1-17(2)33-25(38)21-8-5-9-23(21)35-24-22(27(28,29)30)16-32-26(36-24)34-20-7-4-6-18(14-20)15-31-19-10-12-37(3)13-11-19/h4,6-7,14,16-17,19,21,23,31H,5,8-13,15H2,1-3H3,(H,33,38)(H2,32,34,35,36)/t21-,23-/m0/s1. The van der Waals surface area contributed by atoms with Crippen molar-refractivity contribution in [2.45, 2.75) is 76.8 Å². The van der Waals surface area contributed by atoms with E-state index in [2.05, 4.69) is 43.2 Å². The van der Waals surface area contributed by atoms with Gasteiger partial charge in [-0.3, -0.25) is 4.79 Å². The predicted octanol–water partition coefficient (Wildman–Crippen LogP) is 4.53. The van der Waals surface area contributed by atoms with Crippen molar-refractivity contribution in [1.82, 2.24) is 25.5 Å². The fourth-order valence-electron chi connectivity index (χ4n) is 5.14. The topological polar surface area (TPSA) is 94.2 Å². The van der Waals surface area contributed by atoms with Crippen molar-refractivity contribution in [2.24, 2.45) is 5.92 Å². The van der Waals surface area contributed by atoms with Crippen molar-refractivity contribution < 1.29 is 18.0 Å². The average molecular weight is 534 g/mol. The number of rotatable bonds is 9. The molecule has 2 atom stereocenters. The van der Waals surface area contributed by atoms with Crippen LogP contribution in [0.25, 0.3) is 0 Å².